The van der Waals surface area contributed by atoms with Gasteiger partial charge in [-0.1, -0.05) is 31.0 Å². The van der Waals surface area contributed by atoms with Crippen LogP contribution in [0.1, 0.15) is 62.1 Å². The molecule has 0 aliphatic carbocycles. The largest absolute Gasteiger partial charge is 0.356 e. The van der Waals surface area contributed by atoms with E-state index in [1.54, 1.807) is 0 Å². The van der Waals surface area contributed by atoms with Crippen LogP contribution in [0.4, 0.5) is 0 Å². The van der Waals surface area contributed by atoms with Gasteiger partial charge in [0.05, 0.1) is 4.90 Å². The van der Waals surface area contributed by atoms with Crippen molar-refractivity contribution in [3.8, 4) is 0 Å². The molecule has 0 saturated carbocycles. The van der Waals surface area contributed by atoms with Gasteiger partial charge in [-0.15, -0.1) is 0 Å². The number of nitrogens with zero attached hydrogens (tertiary/aromatic N) is 2. The van der Waals surface area contributed by atoms with Crippen LogP contribution in [0.15, 0.2) is 17.0 Å². The summed E-state index contributed by atoms with van der Waals surface area (Å²) in [5.41, 5.74) is 2.59. The molecule has 1 aromatic rings. The number of piperidine rings is 2. The number of carbonyl (C=O) groups excluding carboxylic acids is 2. The standard InChI is InChI=1S/C25H39N3O4S/c1-5-6-11-26-24(29)21-7-12-27(13-8-21)25(30)22-9-14-28(15-10-22)33(31,32)23-19(3)16-18(2)17-20(23)4/h16-17,21-22H,5-15H2,1-4H3,(H,26,29). The third-order valence-electron chi connectivity index (χ3n) is 7.01. The minimum Gasteiger partial charge on any atom is -0.356 e. The number of hydrogen-bond donors (Lipinski definition) is 1. The fourth-order valence-corrected chi connectivity index (χ4v) is 7.08. The molecule has 1 N–H and O–H groups in total. The molecule has 184 valence electrons. The third kappa shape index (κ3) is 5.96. The summed E-state index contributed by atoms with van der Waals surface area (Å²) >= 11 is 0. The molecule has 3 rings (SSSR count). The van der Waals surface area contributed by atoms with Gasteiger partial charge in [0, 0.05) is 44.6 Å². The highest BCUT2D eigenvalue weighted by Crippen LogP contribution is 2.30. The maximum atomic E-state index is 13.3. The van der Waals surface area contributed by atoms with Gasteiger partial charge in [0.25, 0.3) is 0 Å². The summed E-state index contributed by atoms with van der Waals surface area (Å²) < 4.78 is 28.1. The van der Waals surface area contributed by atoms with Crippen LogP contribution in [-0.4, -0.2) is 62.2 Å². The second-order valence-electron chi connectivity index (χ2n) is 9.65. The number of carbonyl (C=O) groups is 2. The van der Waals surface area contributed by atoms with E-state index in [4.69, 9.17) is 0 Å². The van der Waals surface area contributed by atoms with E-state index >= 15 is 0 Å². The van der Waals surface area contributed by atoms with Crippen LogP contribution >= 0.6 is 0 Å². The van der Waals surface area contributed by atoms with Gasteiger partial charge in [0.2, 0.25) is 21.8 Å². The molecule has 8 heteroatoms. The Hall–Kier alpha value is -1.93. The van der Waals surface area contributed by atoms with Crippen molar-refractivity contribution >= 4 is 21.8 Å². The summed E-state index contributed by atoms with van der Waals surface area (Å²) in [6, 6.07) is 3.81. The van der Waals surface area contributed by atoms with Crippen molar-refractivity contribution in [2.45, 2.75) is 71.1 Å². The SMILES string of the molecule is CCCCNC(=O)C1CCN(C(=O)C2CCN(S(=O)(=O)c3c(C)cc(C)cc3C)CC2)CC1. The maximum Gasteiger partial charge on any atom is 0.243 e. The van der Waals surface area contributed by atoms with Gasteiger partial charge >= 0.3 is 0 Å². The molecule has 2 aliphatic heterocycles. The minimum atomic E-state index is -3.58. The summed E-state index contributed by atoms with van der Waals surface area (Å²) in [5, 5.41) is 3.00. The Morgan fingerprint density at radius 1 is 0.939 bits per heavy atom. The van der Waals surface area contributed by atoms with Crippen LogP contribution in [0, 0.1) is 32.6 Å². The zero-order chi connectivity index (χ0) is 24.2. The second kappa shape index (κ2) is 11.0. The van der Waals surface area contributed by atoms with Gasteiger partial charge in [0.15, 0.2) is 0 Å². The lowest BCUT2D eigenvalue weighted by molar-refractivity contribution is -0.140. The first-order valence-electron chi connectivity index (χ1n) is 12.3. The Morgan fingerprint density at radius 2 is 1.48 bits per heavy atom. The monoisotopic (exact) mass is 477 g/mol. The molecule has 0 radical (unpaired) electrons. The highest BCUT2D eigenvalue weighted by Gasteiger charge is 2.36. The normalized spacial score (nSPS) is 19.0. The summed E-state index contributed by atoms with van der Waals surface area (Å²) in [6.45, 7) is 10.4. The fraction of sp³-hybridized carbons (Fsp3) is 0.680. The molecular weight excluding hydrogens is 438 g/mol. The van der Waals surface area contributed by atoms with Crippen LogP contribution in [0.5, 0.6) is 0 Å². The molecular formula is C25H39N3O4S. The molecule has 7 nitrogen and oxygen atoms in total. The van der Waals surface area contributed by atoms with Crippen LogP contribution < -0.4 is 5.32 Å². The highest BCUT2D eigenvalue weighted by molar-refractivity contribution is 7.89. The average molecular weight is 478 g/mol. The first kappa shape index (κ1) is 25.7. The number of nitrogens with one attached hydrogen (secondary N) is 1. The lowest BCUT2D eigenvalue weighted by atomic mass is 9.92. The molecule has 0 spiro atoms. The summed E-state index contributed by atoms with van der Waals surface area (Å²) in [7, 11) is -3.58. The summed E-state index contributed by atoms with van der Waals surface area (Å²) in [5.74, 6) is 0.0563. The van der Waals surface area contributed by atoms with E-state index in [1.165, 1.54) is 4.31 Å². The molecule has 0 bridgehead atoms. The zero-order valence-electron chi connectivity index (χ0n) is 20.5. The number of likely N-dealkylation sites (tertiary alicyclic amines) is 1. The first-order valence-corrected chi connectivity index (χ1v) is 13.7. The molecule has 33 heavy (non-hydrogen) atoms. The number of sulfonamides is 1. The lowest BCUT2D eigenvalue weighted by Gasteiger charge is -2.37. The predicted molar refractivity (Wildman–Crippen MR) is 129 cm³/mol. The fourth-order valence-electron chi connectivity index (χ4n) is 5.20. The van der Waals surface area contributed by atoms with Crippen molar-refractivity contribution in [1.82, 2.24) is 14.5 Å². The Balaban J connectivity index is 1.53. The Labute approximate surface area is 199 Å². The average Bonchev–Trinajstić information content (AvgIpc) is 2.78. The third-order valence-corrected chi connectivity index (χ3v) is 9.22. The molecule has 2 aliphatic rings. The van der Waals surface area contributed by atoms with Crippen LogP contribution in [0.25, 0.3) is 0 Å². The Morgan fingerprint density at radius 3 is 2.03 bits per heavy atom. The van der Waals surface area contributed by atoms with Crippen LogP contribution in [0.3, 0.4) is 0 Å². The van der Waals surface area contributed by atoms with Crippen LogP contribution in [0.2, 0.25) is 0 Å². The van der Waals surface area contributed by atoms with Crippen molar-refractivity contribution in [2.75, 3.05) is 32.7 Å². The Kier molecular flexibility index (Phi) is 8.56. The van der Waals surface area contributed by atoms with E-state index in [2.05, 4.69) is 12.2 Å². The van der Waals surface area contributed by atoms with Gasteiger partial charge in [0.1, 0.15) is 0 Å². The highest BCUT2D eigenvalue weighted by atomic mass is 32.2. The zero-order valence-corrected chi connectivity index (χ0v) is 21.3. The molecule has 0 unspecified atom stereocenters. The van der Waals surface area contributed by atoms with Crippen molar-refractivity contribution in [1.29, 1.82) is 0 Å². The molecule has 0 aromatic heterocycles. The smallest absolute Gasteiger partial charge is 0.243 e. The van der Waals surface area contributed by atoms with Gasteiger partial charge in [-0.3, -0.25) is 9.59 Å². The van der Waals surface area contributed by atoms with Gasteiger partial charge in [-0.05, 0) is 64.0 Å². The molecule has 2 saturated heterocycles. The van der Waals surface area contributed by atoms with Crippen molar-refractivity contribution < 1.29 is 18.0 Å². The number of aryl methyl sites for hydroxylation is 3. The lowest BCUT2D eigenvalue weighted by Crippen LogP contribution is -2.48. The molecule has 2 amide bonds. The molecule has 1 aromatic carbocycles. The number of hydrogen-bond acceptors (Lipinski definition) is 4. The van der Waals surface area contributed by atoms with E-state index < -0.39 is 10.0 Å². The van der Waals surface area contributed by atoms with Gasteiger partial charge in [-0.2, -0.15) is 4.31 Å². The number of unbranched alkanes of at least 4 members (excludes halogenated alkanes) is 1. The van der Waals surface area contributed by atoms with Crippen LogP contribution in [-0.2, 0) is 19.6 Å². The maximum absolute atomic E-state index is 13.3. The predicted octanol–water partition coefficient (Wildman–Crippen LogP) is 3.17. The van der Waals surface area contributed by atoms with Gasteiger partial charge in [-0.25, -0.2) is 8.42 Å². The van der Waals surface area contributed by atoms with E-state index in [0.717, 1.165) is 36.1 Å². The van der Waals surface area contributed by atoms with Crippen molar-refractivity contribution in [3.63, 3.8) is 0 Å². The van der Waals surface area contributed by atoms with E-state index in [9.17, 15) is 18.0 Å². The quantitative estimate of drug-likeness (QED) is 0.611. The summed E-state index contributed by atoms with van der Waals surface area (Å²) in [4.78, 5) is 27.6. The molecule has 2 fully saturated rings. The van der Waals surface area contributed by atoms with Crippen molar-refractivity contribution in [2.24, 2.45) is 11.8 Å². The summed E-state index contributed by atoms with van der Waals surface area (Å²) in [6.07, 6.45) is 4.52. The molecule has 2 heterocycles. The number of rotatable bonds is 7. The minimum absolute atomic E-state index is 0.0149. The van der Waals surface area contributed by atoms with E-state index in [0.29, 0.717) is 56.8 Å². The van der Waals surface area contributed by atoms with Gasteiger partial charge < -0.3 is 10.2 Å². The second-order valence-corrected chi connectivity index (χ2v) is 11.5. The van der Waals surface area contributed by atoms with E-state index in [-0.39, 0.29) is 23.7 Å². The number of amides is 2. The topological polar surface area (TPSA) is 86.8 Å². The number of benzene rings is 1. The van der Waals surface area contributed by atoms with E-state index in [1.807, 2.05) is 37.8 Å². The molecule has 0 atom stereocenters. The van der Waals surface area contributed by atoms with Crippen molar-refractivity contribution in [3.05, 3.63) is 28.8 Å². The first-order chi connectivity index (χ1) is 15.6. The Bertz CT molecular complexity index is 937.